The van der Waals surface area contributed by atoms with Gasteiger partial charge in [0.1, 0.15) is 6.10 Å². The topological polar surface area (TPSA) is 72.6 Å². The molecule has 0 bridgehead atoms. The quantitative estimate of drug-likeness (QED) is 0.492. The van der Waals surface area contributed by atoms with Gasteiger partial charge >= 0.3 is 0 Å². The monoisotopic (exact) mass is 403 g/mol. The molecule has 0 radical (unpaired) electrons. The summed E-state index contributed by atoms with van der Waals surface area (Å²) in [6.07, 6.45) is 8.21. The smallest absolute Gasteiger partial charge is 0.254 e. The molecule has 150 valence electrons. The van der Waals surface area contributed by atoms with Gasteiger partial charge in [0.15, 0.2) is 0 Å². The van der Waals surface area contributed by atoms with Crippen LogP contribution < -0.4 is 0 Å². The van der Waals surface area contributed by atoms with Crippen LogP contribution in [0, 0.1) is 5.95 Å². The molecule has 4 aromatic rings. The number of ether oxygens (including phenoxy) is 1. The zero-order valence-electron chi connectivity index (χ0n) is 16.0. The summed E-state index contributed by atoms with van der Waals surface area (Å²) < 4.78 is 21.3. The van der Waals surface area contributed by atoms with Gasteiger partial charge in [-0.15, -0.1) is 0 Å². The van der Waals surface area contributed by atoms with Crippen LogP contribution in [-0.2, 0) is 4.74 Å². The Morgan fingerprint density at radius 3 is 2.77 bits per heavy atom. The summed E-state index contributed by atoms with van der Waals surface area (Å²) in [5.74, 6) is -0.913. The Kier molecular flexibility index (Phi) is 4.68. The molecule has 0 aliphatic carbocycles. The van der Waals surface area contributed by atoms with Crippen LogP contribution in [0.4, 0.5) is 4.39 Å². The Hall–Kier alpha value is -3.65. The van der Waals surface area contributed by atoms with Crippen LogP contribution in [0.1, 0.15) is 22.2 Å². The molecule has 1 saturated heterocycles. The van der Waals surface area contributed by atoms with Crippen molar-refractivity contribution in [1.82, 2.24) is 24.3 Å². The predicted octanol–water partition coefficient (Wildman–Crippen LogP) is 3.14. The van der Waals surface area contributed by atoms with Gasteiger partial charge in [-0.3, -0.25) is 9.78 Å². The van der Waals surface area contributed by atoms with E-state index in [9.17, 15) is 9.18 Å². The minimum absolute atomic E-state index is 0.243. The molecule has 1 atom stereocenters. The van der Waals surface area contributed by atoms with E-state index in [1.807, 2.05) is 34.9 Å². The number of carbonyl (C=O) groups is 1. The molecule has 1 aliphatic heterocycles. The van der Waals surface area contributed by atoms with Crippen LogP contribution in [0.2, 0.25) is 0 Å². The summed E-state index contributed by atoms with van der Waals surface area (Å²) >= 11 is 0. The summed E-state index contributed by atoms with van der Waals surface area (Å²) in [7, 11) is 0. The maximum absolute atomic E-state index is 13.4. The second-order valence-electron chi connectivity index (χ2n) is 7.05. The fourth-order valence-electron chi connectivity index (χ4n) is 3.70. The van der Waals surface area contributed by atoms with E-state index in [1.54, 1.807) is 23.6 Å². The lowest BCUT2D eigenvalue weighted by Gasteiger charge is -2.32. The van der Waals surface area contributed by atoms with Crippen LogP contribution in [0.5, 0.6) is 0 Å². The minimum Gasteiger partial charge on any atom is -0.368 e. The van der Waals surface area contributed by atoms with Crippen molar-refractivity contribution in [3.05, 3.63) is 84.7 Å². The highest BCUT2D eigenvalue weighted by Crippen LogP contribution is 2.28. The SMILES string of the molecule is O=C(c1ccnc(F)c1)N1CCO[C@@H](c2ncn3cc(-c4ccncc4)ccc23)C1. The fourth-order valence-corrected chi connectivity index (χ4v) is 3.70. The van der Waals surface area contributed by atoms with E-state index in [1.165, 1.54) is 12.3 Å². The van der Waals surface area contributed by atoms with Gasteiger partial charge in [-0.1, -0.05) is 6.07 Å². The van der Waals surface area contributed by atoms with Gasteiger partial charge < -0.3 is 14.0 Å². The summed E-state index contributed by atoms with van der Waals surface area (Å²) in [4.78, 5) is 26.6. The van der Waals surface area contributed by atoms with Crippen LogP contribution >= 0.6 is 0 Å². The van der Waals surface area contributed by atoms with E-state index >= 15 is 0 Å². The molecule has 1 amide bonds. The van der Waals surface area contributed by atoms with E-state index in [0.717, 1.165) is 28.4 Å². The number of pyridine rings is 3. The Balaban J connectivity index is 1.40. The van der Waals surface area contributed by atoms with E-state index in [0.29, 0.717) is 19.7 Å². The maximum atomic E-state index is 13.4. The first-order valence-corrected chi connectivity index (χ1v) is 9.58. The average molecular weight is 403 g/mol. The third-order valence-corrected chi connectivity index (χ3v) is 5.21. The maximum Gasteiger partial charge on any atom is 0.254 e. The van der Waals surface area contributed by atoms with Gasteiger partial charge in [-0.05, 0) is 35.4 Å². The number of nitrogens with zero attached hydrogens (tertiary/aromatic N) is 5. The molecule has 0 unspecified atom stereocenters. The molecule has 0 aromatic carbocycles. The molecular weight excluding hydrogens is 385 g/mol. The van der Waals surface area contributed by atoms with Crippen LogP contribution in [0.3, 0.4) is 0 Å². The molecule has 5 rings (SSSR count). The average Bonchev–Trinajstić information content (AvgIpc) is 3.22. The van der Waals surface area contributed by atoms with E-state index in [2.05, 4.69) is 15.0 Å². The normalized spacial score (nSPS) is 16.7. The lowest BCUT2D eigenvalue weighted by molar-refractivity contribution is -0.0239. The van der Waals surface area contributed by atoms with Gasteiger partial charge in [0.05, 0.1) is 30.7 Å². The predicted molar refractivity (Wildman–Crippen MR) is 107 cm³/mol. The highest BCUT2D eigenvalue weighted by atomic mass is 19.1. The van der Waals surface area contributed by atoms with Crippen molar-refractivity contribution in [1.29, 1.82) is 0 Å². The van der Waals surface area contributed by atoms with Crippen molar-refractivity contribution < 1.29 is 13.9 Å². The second kappa shape index (κ2) is 7.64. The number of fused-ring (bicyclic) bond motifs is 1. The molecule has 1 aliphatic rings. The number of halogens is 1. The van der Waals surface area contributed by atoms with Crippen LogP contribution in [-0.4, -0.2) is 49.9 Å². The second-order valence-corrected chi connectivity index (χ2v) is 7.05. The number of rotatable bonds is 3. The van der Waals surface area contributed by atoms with Gasteiger partial charge in [-0.25, -0.2) is 9.97 Å². The van der Waals surface area contributed by atoms with Gasteiger partial charge in [0.2, 0.25) is 5.95 Å². The summed E-state index contributed by atoms with van der Waals surface area (Å²) in [5.41, 5.74) is 4.09. The number of hydrogen-bond acceptors (Lipinski definition) is 5. The third-order valence-electron chi connectivity index (χ3n) is 5.21. The number of imidazole rings is 1. The zero-order valence-corrected chi connectivity index (χ0v) is 16.0. The van der Waals surface area contributed by atoms with Crippen molar-refractivity contribution in [2.45, 2.75) is 6.10 Å². The number of amides is 1. The summed E-state index contributed by atoms with van der Waals surface area (Å²) in [6.45, 7) is 1.18. The number of hydrogen-bond donors (Lipinski definition) is 0. The fraction of sp³-hybridized carbons (Fsp3) is 0.182. The molecule has 0 saturated carbocycles. The molecule has 30 heavy (non-hydrogen) atoms. The minimum atomic E-state index is -0.671. The first kappa shape index (κ1) is 18.4. The molecule has 8 heteroatoms. The zero-order chi connectivity index (χ0) is 20.5. The summed E-state index contributed by atoms with van der Waals surface area (Å²) in [6, 6.07) is 10.6. The van der Waals surface area contributed by atoms with Crippen molar-refractivity contribution in [2.24, 2.45) is 0 Å². The highest BCUT2D eigenvalue weighted by molar-refractivity contribution is 5.94. The van der Waals surface area contributed by atoms with Gasteiger partial charge in [0, 0.05) is 43.0 Å². The molecule has 4 aromatic heterocycles. The highest BCUT2D eigenvalue weighted by Gasteiger charge is 2.29. The van der Waals surface area contributed by atoms with Crippen molar-refractivity contribution in [3.63, 3.8) is 0 Å². The molecule has 1 fully saturated rings. The van der Waals surface area contributed by atoms with Gasteiger partial charge in [-0.2, -0.15) is 4.39 Å². The Morgan fingerprint density at radius 1 is 1.07 bits per heavy atom. The van der Waals surface area contributed by atoms with E-state index < -0.39 is 5.95 Å². The van der Waals surface area contributed by atoms with Crippen LogP contribution in [0.15, 0.2) is 67.5 Å². The number of morpholine rings is 1. The Labute approximate surface area is 171 Å². The summed E-state index contributed by atoms with van der Waals surface area (Å²) in [5, 5.41) is 0. The van der Waals surface area contributed by atoms with Crippen LogP contribution in [0.25, 0.3) is 16.6 Å². The first-order valence-electron chi connectivity index (χ1n) is 9.58. The number of aromatic nitrogens is 4. The molecule has 0 spiro atoms. The molecular formula is C22H18FN5O2. The molecule has 5 heterocycles. The van der Waals surface area contributed by atoms with E-state index in [-0.39, 0.29) is 17.6 Å². The number of carbonyl (C=O) groups excluding carboxylic acids is 1. The Morgan fingerprint density at radius 2 is 1.93 bits per heavy atom. The standard InChI is InChI=1S/C22H18FN5O2/c23-20-11-16(5-8-25-20)22(29)27-9-10-30-19(13-27)21-18-2-1-17(12-28(18)14-26-21)15-3-6-24-7-4-15/h1-8,11-12,14,19H,9-10,13H2/t19-/m1/s1. The molecule has 0 N–H and O–H groups in total. The van der Waals surface area contributed by atoms with Gasteiger partial charge in [0.25, 0.3) is 5.91 Å². The third kappa shape index (κ3) is 3.42. The largest absolute Gasteiger partial charge is 0.368 e. The Bertz CT molecular complexity index is 1210. The van der Waals surface area contributed by atoms with E-state index in [4.69, 9.17) is 4.74 Å². The molecule has 7 nitrogen and oxygen atoms in total. The first-order chi connectivity index (χ1) is 14.7. The lowest BCUT2D eigenvalue weighted by Crippen LogP contribution is -2.42. The lowest BCUT2D eigenvalue weighted by atomic mass is 10.1. The van der Waals surface area contributed by atoms with Crippen molar-refractivity contribution in [2.75, 3.05) is 19.7 Å². The van der Waals surface area contributed by atoms with Crippen molar-refractivity contribution in [3.8, 4) is 11.1 Å². The van der Waals surface area contributed by atoms with Crippen molar-refractivity contribution >= 4 is 11.4 Å².